The smallest absolute Gasteiger partial charge is 0.307 e. The number of carboxylic acid groups (broad SMARTS) is 1. The van der Waals surface area contributed by atoms with Crippen LogP contribution in [0.4, 0.5) is 0 Å². The first-order valence-electron chi connectivity index (χ1n) is 4.69. The number of hydrogen-bond donors (Lipinski definition) is 1. The van der Waals surface area contributed by atoms with E-state index in [1.165, 1.54) is 0 Å². The Bertz CT molecular complexity index is 328. The van der Waals surface area contributed by atoms with Crippen LogP contribution in [0.3, 0.4) is 0 Å². The van der Waals surface area contributed by atoms with Gasteiger partial charge in [0, 0.05) is 23.0 Å². The minimum absolute atomic E-state index is 0. The molecule has 0 aromatic heterocycles. The monoisotopic (exact) mass is 322 g/mol. The van der Waals surface area contributed by atoms with E-state index in [-0.39, 0.29) is 25.0 Å². The van der Waals surface area contributed by atoms with Crippen LogP contribution >= 0.6 is 15.9 Å². The molecule has 1 aromatic rings. The summed E-state index contributed by atoms with van der Waals surface area (Å²) in [6.07, 6.45) is 0.102. The van der Waals surface area contributed by atoms with Crippen molar-refractivity contribution in [3.05, 3.63) is 40.2 Å². The third-order valence-electron chi connectivity index (χ3n) is 1.99. The summed E-state index contributed by atoms with van der Waals surface area (Å²) in [6.45, 7) is 8.85. The van der Waals surface area contributed by atoms with E-state index in [0.29, 0.717) is 0 Å². The van der Waals surface area contributed by atoms with Crippen molar-refractivity contribution in [1.29, 1.82) is 0 Å². The molecule has 0 aliphatic carbocycles. The number of hydrogen-bond acceptors (Lipinski definition) is 1. The fraction of sp³-hybridized carbons (Fsp3) is 0.333. The summed E-state index contributed by atoms with van der Waals surface area (Å²) in [5.41, 5.74) is 2.96. The second-order valence-electron chi connectivity index (χ2n) is 3.09. The first-order valence-corrected chi connectivity index (χ1v) is 5.48. The van der Waals surface area contributed by atoms with Gasteiger partial charge in [-0.2, -0.15) is 6.92 Å². The van der Waals surface area contributed by atoms with Gasteiger partial charge in [-0.05, 0) is 42.7 Å². The molecule has 0 heterocycles. The second kappa shape index (κ2) is 8.86. The van der Waals surface area contributed by atoms with E-state index in [9.17, 15) is 4.79 Å². The van der Waals surface area contributed by atoms with Crippen LogP contribution in [0.25, 0.3) is 0 Å². The van der Waals surface area contributed by atoms with Gasteiger partial charge in [0.25, 0.3) is 0 Å². The minimum atomic E-state index is -0.784. The number of carboxylic acids is 1. The third kappa shape index (κ3) is 5.73. The zero-order valence-corrected chi connectivity index (χ0v) is 12.7. The van der Waals surface area contributed by atoms with Crippen LogP contribution in [-0.4, -0.2) is 11.1 Å². The van der Waals surface area contributed by atoms with Crippen LogP contribution in [0.2, 0.25) is 0 Å². The molecule has 0 aliphatic heterocycles. The Morgan fingerprint density at radius 1 is 1.31 bits per heavy atom. The average molecular weight is 323 g/mol. The van der Waals surface area contributed by atoms with Crippen molar-refractivity contribution in [3.63, 3.8) is 0 Å². The SMILES string of the molecule is Cc1cc(Br)cc(C)c1CC(=O)O.[CH2-]C.[V]. The molecule has 0 bridgehead atoms. The molecule has 1 radical (unpaired) electrons. The Morgan fingerprint density at radius 2 is 1.69 bits per heavy atom. The van der Waals surface area contributed by atoms with Crippen molar-refractivity contribution < 1.29 is 28.5 Å². The molecule has 0 atom stereocenters. The molecule has 2 nitrogen and oxygen atoms in total. The molecular weight excluding hydrogens is 307 g/mol. The van der Waals surface area contributed by atoms with Gasteiger partial charge in [0.1, 0.15) is 0 Å². The van der Waals surface area contributed by atoms with E-state index in [4.69, 9.17) is 5.11 Å². The first kappa shape index (κ1) is 18.1. The summed E-state index contributed by atoms with van der Waals surface area (Å²) in [5, 5.41) is 8.67. The second-order valence-corrected chi connectivity index (χ2v) is 4.00. The maximum absolute atomic E-state index is 10.5. The molecule has 89 valence electrons. The number of aliphatic carboxylic acids is 1. The summed E-state index contributed by atoms with van der Waals surface area (Å²) in [5.74, 6) is -0.784. The normalized spacial score (nSPS) is 8.56. The summed E-state index contributed by atoms with van der Waals surface area (Å²) in [4.78, 5) is 10.5. The van der Waals surface area contributed by atoms with E-state index in [2.05, 4.69) is 22.9 Å². The Balaban J connectivity index is 0. The van der Waals surface area contributed by atoms with E-state index in [1.54, 1.807) is 6.92 Å². The molecule has 1 aromatic carbocycles. The van der Waals surface area contributed by atoms with E-state index in [1.807, 2.05) is 26.0 Å². The van der Waals surface area contributed by atoms with Crippen molar-refractivity contribution >= 4 is 21.9 Å². The fourth-order valence-corrected chi connectivity index (χ4v) is 2.06. The number of benzene rings is 1. The zero-order chi connectivity index (χ0) is 12.0. The molecule has 4 heteroatoms. The number of rotatable bonds is 2. The fourth-order valence-electron chi connectivity index (χ4n) is 1.37. The van der Waals surface area contributed by atoms with Gasteiger partial charge in [-0.15, -0.1) is 0 Å². The van der Waals surface area contributed by atoms with Gasteiger partial charge < -0.3 is 12.0 Å². The molecule has 0 amide bonds. The van der Waals surface area contributed by atoms with Gasteiger partial charge in [-0.3, -0.25) is 4.79 Å². The maximum atomic E-state index is 10.5. The Kier molecular flexibility index (Phi) is 10.0. The van der Waals surface area contributed by atoms with Crippen molar-refractivity contribution in [3.8, 4) is 0 Å². The predicted molar refractivity (Wildman–Crippen MR) is 66.0 cm³/mol. The van der Waals surface area contributed by atoms with Crippen molar-refractivity contribution in [1.82, 2.24) is 0 Å². The van der Waals surface area contributed by atoms with Gasteiger partial charge in [-0.25, -0.2) is 0 Å². The third-order valence-corrected chi connectivity index (χ3v) is 2.45. The molecule has 16 heavy (non-hydrogen) atoms. The Morgan fingerprint density at radius 3 is 2.00 bits per heavy atom. The van der Waals surface area contributed by atoms with Crippen LogP contribution in [-0.2, 0) is 29.8 Å². The van der Waals surface area contributed by atoms with E-state index >= 15 is 0 Å². The Labute approximate surface area is 117 Å². The van der Waals surface area contributed by atoms with Crippen molar-refractivity contribution in [2.24, 2.45) is 0 Å². The molecule has 0 saturated carbocycles. The number of carbonyl (C=O) groups is 1. The topological polar surface area (TPSA) is 37.3 Å². The first-order chi connectivity index (χ1) is 7.00. The van der Waals surface area contributed by atoms with E-state index < -0.39 is 5.97 Å². The molecule has 0 spiro atoms. The molecule has 1 N–H and O–H groups in total. The summed E-state index contributed by atoms with van der Waals surface area (Å²) >= 11 is 3.37. The summed E-state index contributed by atoms with van der Waals surface area (Å²) in [7, 11) is 0. The van der Waals surface area contributed by atoms with Gasteiger partial charge >= 0.3 is 5.97 Å². The van der Waals surface area contributed by atoms with Gasteiger partial charge in [0.2, 0.25) is 0 Å². The van der Waals surface area contributed by atoms with Crippen LogP contribution in [0, 0.1) is 20.8 Å². The van der Waals surface area contributed by atoms with Gasteiger partial charge in [0.15, 0.2) is 0 Å². The molecular formula is C12H16BrO2V-. The Hall–Kier alpha value is -0.246. The number of halogens is 1. The summed E-state index contributed by atoms with van der Waals surface area (Å²) < 4.78 is 0.997. The predicted octanol–water partition coefficient (Wildman–Crippen LogP) is 3.53. The molecule has 0 aliphatic rings. The zero-order valence-electron chi connectivity index (χ0n) is 9.75. The minimum Gasteiger partial charge on any atom is -0.481 e. The van der Waals surface area contributed by atoms with Crippen LogP contribution in [0.15, 0.2) is 16.6 Å². The molecule has 0 unspecified atom stereocenters. The largest absolute Gasteiger partial charge is 0.481 e. The van der Waals surface area contributed by atoms with Crippen LogP contribution < -0.4 is 0 Å². The van der Waals surface area contributed by atoms with Crippen LogP contribution in [0.1, 0.15) is 23.6 Å². The number of aryl methyl sites for hydroxylation is 2. The van der Waals surface area contributed by atoms with Gasteiger partial charge in [-0.1, -0.05) is 15.9 Å². The van der Waals surface area contributed by atoms with E-state index in [0.717, 1.165) is 21.2 Å². The van der Waals surface area contributed by atoms with Crippen molar-refractivity contribution in [2.45, 2.75) is 27.2 Å². The molecule has 1 rings (SSSR count). The molecule has 0 fully saturated rings. The average Bonchev–Trinajstić information content (AvgIpc) is 2.14. The quantitative estimate of drug-likeness (QED) is 0.846. The summed E-state index contributed by atoms with van der Waals surface area (Å²) in [6, 6.07) is 3.87. The standard InChI is InChI=1S/C10H11BrO2.C2H5.V/c1-6-3-8(11)4-7(2)9(6)5-10(12)13;1-2;/h3-4H,5H2,1-2H3,(H,12,13);1H2,2H3;/q;-1;. The maximum Gasteiger partial charge on any atom is 0.307 e. The van der Waals surface area contributed by atoms with Crippen LogP contribution in [0.5, 0.6) is 0 Å². The molecule has 0 saturated heterocycles. The van der Waals surface area contributed by atoms with Crippen molar-refractivity contribution in [2.75, 3.05) is 0 Å². The van der Waals surface area contributed by atoms with Gasteiger partial charge in [0.05, 0.1) is 6.42 Å².